The van der Waals surface area contributed by atoms with Crippen molar-refractivity contribution in [2.75, 3.05) is 25.1 Å². The Kier molecular flexibility index (Phi) is 6.85. The van der Waals surface area contributed by atoms with Crippen LogP contribution in [0.2, 0.25) is 0 Å². The number of rotatable bonds is 9. The van der Waals surface area contributed by atoms with Gasteiger partial charge < -0.3 is 14.6 Å². The number of imidazole rings is 1. The Hall–Kier alpha value is -4.02. The Bertz CT molecular complexity index is 1240. The molecule has 0 bridgehead atoms. The minimum Gasteiger partial charge on any atom is -0.380 e. The number of nitrogens with one attached hydrogen (secondary N) is 1. The van der Waals surface area contributed by atoms with Crippen LogP contribution in [0.1, 0.15) is 29.4 Å². The molecule has 2 aromatic carbocycles. The van der Waals surface area contributed by atoms with Crippen molar-refractivity contribution in [1.29, 1.82) is 5.26 Å². The number of nitriles is 1. The fourth-order valence-electron chi connectivity index (χ4n) is 3.36. The summed E-state index contributed by atoms with van der Waals surface area (Å²) >= 11 is 0. The van der Waals surface area contributed by atoms with E-state index in [1.54, 1.807) is 18.5 Å². The van der Waals surface area contributed by atoms with Crippen molar-refractivity contribution >= 4 is 29.1 Å². The van der Waals surface area contributed by atoms with Crippen LogP contribution < -0.4 is 5.32 Å². The van der Waals surface area contributed by atoms with Crippen molar-refractivity contribution in [3.8, 4) is 6.07 Å². The van der Waals surface area contributed by atoms with Gasteiger partial charge in [0.2, 0.25) is 0 Å². The fraction of sp³-hybridized carbons (Fsp3) is 0.200. The van der Waals surface area contributed by atoms with E-state index in [0.29, 0.717) is 37.7 Å². The molecule has 0 aliphatic carbocycles. The summed E-state index contributed by atoms with van der Waals surface area (Å²) in [4.78, 5) is 13.8. The van der Waals surface area contributed by atoms with Gasteiger partial charge in [-0.25, -0.2) is 15.0 Å². The normalized spacial score (nSPS) is 11.1. The second kappa shape index (κ2) is 10.3. The van der Waals surface area contributed by atoms with E-state index in [1.165, 1.54) is 0 Å². The van der Waals surface area contributed by atoms with Gasteiger partial charge in [0.25, 0.3) is 0 Å². The zero-order valence-corrected chi connectivity index (χ0v) is 17.9. The van der Waals surface area contributed by atoms with Gasteiger partial charge in [-0.1, -0.05) is 48.5 Å². The maximum atomic E-state index is 9.00. The summed E-state index contributed by atoms with van der Waals surface area (Å²) in [7, 11) is 0. The number of fused-ring (bicyclic) bond motifs is 1. The fourth-order valence-corrected chi connectivity index (χ4v) is 3.36. The summed E-state index contributed by atoms with van der Waals surface area (Å²) in [5.41, 5.74) is 4.27. The van der Waals surface area contributed by atoms with Crippen LogP contribution in [0.25, 0.3) is 23.3 Å². The van der Waals surface area contributed by atoms with Crippen LogP contribution in [0, 0.1) is 11.3 Å². The molecule has 0 aliphatic heterocycles. The van der Waals surface area contributed by atoms with E-state index in [0.717, 1.165) is 28.1 Å². The third kappa shape index (κ3) is 4.99. The Balaban J connectivity index is 1.70. The molecule has 0 radical (unpaired) electrons. The topological polar surface area (TPSA) is 88.7 Å². The van der Waals surface area contributed by atoms with E-state index >= 15 is 0 Å². The van der Waals surface area contributed by atoms with Gasteiger partial charge in [0.15, 0.2) is 17.0 Å². The summed E-state index contributed by atoms with van der Waals surface area (Å²) in [6, 6.07) is 19.8. The number of hydrogen-bond acceptors (Lipinski definition) is 6. The molecule has 2 heterocycles. The van der Waals surface area contributed by atoms with Gasteiger partial charge in [0.1, 0.15) is 12.2 Å². The standard InChI is InChI=1S/C25H24N6O/c1-2-32-15-14-27-24-23-25(29-18-28-24)31(17-21-6-4-3-5-7-21)22(30-23)13-12-19-8-10-20(16-26)11-9-19/h3-13,18H,2,14-15,17H2,1H3,(H,27,28,29)/b13-12+. The molecule has 0 saturated carbocycles. The largest absolute Gasteiger partial charge is 0.380 e. The minimum absolute atomic E-state index is 0.595. The summed E-state index contributed by atoms with van der Waals surface area (Å²) in [6.45, 7) is 4.53. The molecule has 4 aromatic rings. The highest BCUT2D eigenvalue weighted by Gasteiger charge is 2.15. The average molecular weight is 425 g/mol. The summed E-state index contributed by atoms with van der Waals surface area (Å²) < 4.78 is 7.50. The number of nitrogens with zero attached hydrogens (tertiary/aromatic N) is 5. The molecule has 0 unspecified atom stereocenters. The Morgan fingerprint density at radius 1 is 1.06 bits per heavy atom. The van der Waals surface area contributed by atoms with Crippen LogP contribution in [-0.4, -0.2) is 39.3 Å². The van der Waals surface area contributed by atoms with E-state index in [-0.39, 0.29) is 0 Å². The zero-order chi connectivity index (χ0) is 22.2. The van der Waals surface area contributed by atoms with Crippen molar-refractivity contribution < 1.29 is 4.74 Å². The molecular formula is C25H24N6O. The first kappa shape index (κ1) is 21.2. The first-order valence-electron chi connectivity index (χ1n) is 10.5. The van der Waals surface area contributed by atoms with Crippen molar-refractivity contribution in [3.05, 3.63) is 83.4 Å². The maximum absolute atomic E-state index is 9.00. The molecule has 7 nitrogen and oxygen atoms in total. The monoisotopic (exact) mass is 424 g/mol. The van der Waals surface area contributed by atoms with Gasteiger partial charge in [-0.2, -0.15) is 5.26 Å². The lowest BCUT2D eigenvalue weighted by Crippen LogP contribution is -2.11. The molecule has 0 atom stereocenters. The molecule has 0 saturated heterocycles. The van der Waals surface area contributed by atoms with Crippen LogP contribution >= 0.6 is 0 Å². The van der Waals surface area contributed by atoms with Crippen molar-refractivity contribution in [2.45, 2.75) is 13.5 Å². The lowest BCUT2D eigenvalue weighted by molar-refractivity contribution is 0.158. The summed E-state index contributed by atoms with van der Waals surface area (Å²) in [5.74, 6) is 1.47. The van der Waals surface area contributed by atoms with Crippen molar-refractivity contribution in [3.63, 3.8) is 0 Å². The van der Waals surface area contributed by atoms with Crippen LogP contribution in [0.15, 0.2) is 60.9 Å². The maximum Gasteiger partial charge on any atom is 0.166 e. The number of benzene rings is 2. The Morgan fingerprint density at radius 3 is 2.62 bits per heavy atom. The van der Waals surface area contributed by atoms with Crippen LogP contribution in [0.4, 0.5) is 5.82 Å². The summed E-state index contributed by atoms with van der Waals surface area (Å²) in [6.07, 6.45) is 5.51. The second-order valence-corrected chi connectivity index (χ2v) is 7.13. The van der Waals surface area contributed by atoms with Crippen LogP contribution in [-0.2, 0) is 11.3 Å². The van der Waals surface area contributed by atoms with Crippen molar-refractivity contribution in [1.82, 2.24) is 19.5 Å². The number of anilines is 1. The number of ether oxygens (including phenoxy) is 1. The van der Waals surface area contributed by atoms with Crippen molar-refractivity contribution in [2.24, 2.45) is 0 Å². The molecule has 0 fully saturated rings. The molecular weight excluding hydrogens is 400 g/mol. The lowest BCUT2D eigenvalue weighted by atomic mass is 10.1. The molecule has 4 rings (SSSR count). The zero-order valence-electron chi connectivity index (χ0n) is 17.9. The van der Waals surface area contributed by atoms with Gasteiger partial charge in [-0.15, -0.1) is 0 Å². The molecule has 7 heteroatoms. The van der Waals surface area contributed by atoms with Gasteiger partial charge >= 0.3 is 0 Å². The first-order valence-corrected chi connectivity index (χ1v) is 10.5. The molecule has 160 valence electrons. The van der Waals surface area contributed by atoms with Gasteiger partial charge in [0, 0.05) is 13.2 Å². The van der Waals surface area contributed by atoms with Gasteiger partial charge in [0.05, 0.1) is 24.8 Å². The second-order valence-electron chi connectivity index (χ2n) is 7.13. The van der Waals surface area contributed by atoms with E-state index in [1.807, 2.05) is 49.4 Å². The molecule has 2 aromatic heterocycles. The quantitative estimate of drug-likeness (QED) is 0.402. The summed E-state index contributed by atoms with van der Waals surface area (Å²) in [5, 5.41) is 12.3. The molecule has 32 heavy (non-hydrogen) atoms. The molecule has 0 amide bonds. The van der Waals surface area contributed by atoms with Gasteiger partial charge in [-0.05, 0) is 36.3 Å². The highest BCUT2D eigenvalue weighted by atomic mass is 16.5. The predicted molar refractivity (Wildman–Crippen MR) is 126 cm³/mol. The third-order valence-electron chi connectivity index (χ3n) is 4.95. The first-order chi connectivity index (χ1) is 15.8. The molecule has 0 aliphatic rings. The van der Waals surface area contributed by atoms with Crippen LogP contribution in [0.3, 0.4) is 0 Å². The van der Waals surface area contributed by atoms with E-state index in [9.17, 15) is 0 Å². The minimum atomic E-state index is 0.595. The lowest BCUT2D eigenvalue weighted by Gasteiger charge is -2.08. The average Bonchev–Trinajstić information content (AvgIpc) is 3.19. The third-order valence-corrected chi connectivity index (χ3v) is 4.95. The Labute approximate surface area is 187 Å². The van der Waals surface area contributed by atoms with E-state index < -0.39 is 0 Å². The van der Waals surface area contributed by atoms with Crippen LogP contribution in [0.5, 0.6) is 0 Å². The highest BCUT2D eigenvalue weighted by Crippen LogP contribution is 2.23. The predicted octanol–water partition coefficient (Wildman–Crippen LogP) is 4.37. The highest BCUT2D eigenvalue weighted by molar-refractivity contribution is 5.85. The van der Waals surface area contributed by atoms with E-state index in [4.69, 9.17) is 15.0 Å². The van der Waals surface area contributed by atoms with E-state index in [2.05, 4.69) is 38.1 Å². The van der Waals surface area contributed by atoms with Gasteiger partial charge in [-0.3, -0.25) is 0 Å². The Morgan fingerprint density at radius 2 is 1.88 bits per heavy atom. The smallest absolute Gasteiger partial charge is 0.166 e. The SMILES string of the molecule is CCOCCNc1ncnc2c1nc(/C=C/c1ccc(C#N)cc1)n2Cc1ccccc1. The molecule has 0 spiro atoms. The number of aromatic nitrogens is 4. The molecule has 1 N–H and O–H groups in total. The number of hydrogen-bond donors (Lipinski definition) is 1.